The van der Waals surface area contributed by atoms with Gasteiger partial charge in [-0.3, -0.25) is 0 Å². The van der Waals surface area contributed by atoms with Crippen LogP contribution in [-0.2, 0) is 20.6 Å². The van der Waals surface area contributed by atoms with Crippen molar-refractivity contribution in [2.75, 3.05) is 13.2 Å². The molecule has 0 saturated carbocycles. The number of fused-ring (bicyclic) bond motifs is 3. The number of carbonyl (C=O) groups is 1. The number of amides is 1. The third-order valence-electron chi connectivity index (χ3n) is 7.95. The predicted molar refractivity (Wildman–Crippen MR) is 151 cm³/mol. The molecule has 0 bridgehead atoms. The molecule has 3 aromatic rings. The van der Waals surface area contributed by atoms with Crippen LogP contribution in [0.3, 0.4) is 0 Å². The minimum Gasteiger partial charge on any atom is -0.449 e. The molecule has 0 atom stereocenters. The van der Waals surface area contributed by atoms with Crippen LogP contribution in [-0.4, -0.2) is 37.6 Å². The molecule has 196 valence electrons. The van der Waals surface area contributed by atoms with Gasteiger partial charge in [-0.05, 0) is 66.5 Å². The van der Waals surface area contributed by atoms with Gasteiger partial charge < -0.3 is 25.1 Å². The molecule has 0 unspecified atom stereocenters. The molecule has 0 spiro atoms. The molecule has 3 aromatic carbocycles. The van der Waals surface area contributed by atoms with Crippen LogP contribution in [0.25, 0.3) is 17.2 Å². The van der Waals surface area contributed by atoms with E-state index in [-0.39, 0.29) is 19.1 Å². The van der Waals surface area contributed by atoms with Gasteiger partial charge in [-0.15, -0.1) is 0 Å². The van der Waals surface area contributed by atoms with Crippen LogP contribution in [0.1, 0.15) is 55.9 Å². The highest BCUT2D eigenvalue weighted by molar-refractivity contribution is 6.56. The van der Waals surface area contributed by atoms with Gasteiger partial charge in [0.25, 0.3) is 0 Å². The molecule has 5 rings (SSSR count). The van der Waals surface area contributed by atoms with Gasteiger partial charge in [0.1, 0.15) is 6.61 Å². The number of nitrogens with two attached hydrogens (primary N) is 1. The molecule has 6 nitrogen and oxygen atoms in total. The topological polar surface area (TPSA) is 82.8 Å². The molecule has 0 radical (unpaired) electrons. The van der Waals surface area contributed by atoms with E-state index in [1.54, 1.807) is 0 Å². The van der Waals surface area contributed by atoms with Gasteiger partial charge in [0.05, 0.1) is 11.2 Å². The molecule has 2 aliphatic rings. The van der Waals surface area contributed by atoms with E-state index in [0.717, 1.165) is 16.6 Å². The number of benzene rings is 3. The van der Waals surface area contributed by atoms with Crippen LogP contribution in [0, 0.1) is 0 Å². The molecule has 1 saturated heterocycles. The van der Waals surface area contributed by atoms with E-state index in [1.807, 2.05) is 82.3 Å². The number of hydrogen-bond acceptors (Lipinski definition) is 5. The number of nitrogens with one attached hydrogen (secondary N) is 1. The molecule has 1 aliphatic carbocycles. The van der Waals surface area contributed by atoms with E-state index in [9.17, 15) is 4.79 Å². The minimum absolute atomic E-state index is 0.00249. The summed E-state index contributed by atoms with van der Waals surface area (Å²) in [5.74, 6) is 0.00249. The van der Waals surface area contributed by atoms with Crippen LogP contribution in [0.15, 0.2) is 78.3 Å². The molecule has 38 heavy (non-hydrogen) atoms. The first-order valence-electron chi connectivity index (χ1n) is 13.1. The van der Waals surface area contributed by atoms with Crippen LogP contribution < -0.4 is 11.1 Å². The van der Waals surface area contributed by atoms with E-state index in [1.165, 1.54) is 22.3 Å². The second-order valence-electron chi connectivity index (χ2n) is 10.9. The summed E-state index contributed by atoms with van der Waals surface area (Å²) in [6, 6.07) is 24.5. The largest absolute Gasteiger partial charge is 0.492 e. The highest BCUT2D eigenvalue weighted by Crippen LogP contribution is 2.44. The second kappa shape index (κ2) is 10.4. The van der Waals surface area contributed by atoms with Crippen LogP contribution in [0.2, 0.25) is 0 Å². The first-order valence-corrected chi connectivity index (χ1v) is 13.1. The van der Waals surface area contributed by atoms with E-state index >= 15 is 0 Å². The van der Waals surface area contributed by atoms with Gasteiger partial charge in [0.2, 0.25) is 0 Å². The zero-order valence-corrected chi connectivity index (χ0v) is 22.5. The summed E-state index contributed by atoms with van der Waals surface area (Å²) in [6.45, 7) is 8.92. The van der Waals surface area contributed by atoms with Crippen LogP contribution in [0.4, 0.5) is 4.79 Å². The average molecular weight is 510 g/mol. The number of hydrogen-bond donors (Lipinski definition) is 2. The number of ether oxygens (including phenoxy) is 1. The normalized spacial score (nSPS) is 17.7. The summed E-state index contributed by atoms with van der Waals surface area (Å²) in [4.78, 5) is 12.9. The Morgan fingerprint density at radius 3 is 2.08 bits per heavy atom. The first kappa shape index (κ1) is 26.2. The molecule has 1 amide bonds. The van der Waals surface area contributed by atoms with E-state index in [2.05, 4.69) is 29.6 Å². The summed E-state index contributed by atoms with van der Waals surface area (Å²) in [7, 11) is -0.611. The van der Waals surface area contributed by atoms with E-state index < -0.39 is 24.4 Å². The Morgan fingerprint density at radius 1 is 0.921 bits per heavy atom. The van der Waals surface area contributed by atoms with Crippen molar-refractivity contribution >= 4 is 19.3 Å². The summed E-state index contributed by atoms with van der Waals surface area (Å²) in [5, 5.41) is 2.92. The molecular weight excluding hydrogens is 475 g/mol. The average Bonchev–Trinajstić information content (AvgIpc) is 3.34. The summed E-state index contributed by atoms with van der Waals surface area (Å²) >= 11 is 0. The van der Waals surface area contributed by atoms with Gasteiger partial charge in [0.15, 0.2) is 0 Å². The molecule has 1 heterocycles. The fraction of sp³-hybridized carbons (Fsp3) is 0.323. The smallest absolute Gasteiger partial charge is 0.449 e. The fourth-order valence-corrected chi connectivity index (χ4v) is 5.08. The van der Waals surface area contributed by atoms with Crippen molar-refractivity contribution in [2.45, 2.75) is 51.4 Å². The van der Waals surface area contributed by atoms with Crippen molar-refractivity contribution in [3.05, 3.63) is 101 Å². The maximum atomic E-state index is 12.9. The lowest BCUT2D eigenvalue weighted by atomic mass is 9.76. The third-order valence-corrected chi connectivity index (χ3v) is 7.95. The lowest BCUT2D eigenvalue weighted by molar-refractivity contribution is 0.00578. The standard InChI is InChI=1S/C31H35BN2O4/c1-30(2)31(3,4)38-32(37-30)23(17-21-11-5-6-12-22(21)18-33)19-34-29(35)36-20-28-26-15-9-7-13-24(26)25-14-8-10-16-27(25)28/h5-17,28H,18-20,33H2,1-4H3,(H,34,35). The fourth-order valence-electron chi connectivity index (χ4n) is 5.08. The summed E-state index contributed by atoms with van der Waals surface area (Å²) in [5.41, 5.74) is 12.5. The SMILES string of the molecule is CC1(C)OB(C(=Cc2ccccc2CN)CNC(=O)OCC2c3ccccc3-c3ccccc32)OC1(C)C. The van der Waals surface area contributed by atoms with Crippen molar-refractivity contribution in [3.63, 3.8) is 0 Å². The van der Waals surface area contributed by atoms with Crippen molar-refractivity contribution in [3.8, 4) is 11.1 Å². The second-order valence-corrected chi connectivity index (χ2v) is 10.9. The molecular formula is C31H35BN2O4. The number of alkyl carbamates (subject to hydrolysis) is 1. The molecule has 3 N–H and O–H groups in total. The molecule has 1 aliphatic heterocycles. The minimum atomic E-state index is -0.611. The van der Waals surface area contributed by atoms with Crippen LogP contribution in [0.5, 0.6) is 0 Å². The molecule has 0 aromatic heterocycles. The Bertz CT molecular complexity index is 1310. The maximum Gasteiger partial charge on any atom is 0.492 e. The summed E-state index contributed by atoms with van der Waals surface area (Å²) in [6.07, 6.45) is 1.51. The van der Waals surface area contributed by atoms with Crippen molar-refractivity contribution < 1.29 is 18.8 Å². The summed E-state index contributed by atoms with van der Waals surface area (Å²) < 4.78 is 18.4. The molecule has 7 heteroatoms. The van der Waals surface area contributed by atoms with Crippen LogP contribution >= 0.6 is 0 Å². The van der Waals surface area contributed by atoms with Gasteiger partial charge in [-0.1, -0.05) is 78.9 Å². The third kappa shape index (κ3) is 5.02. The first-order chi connectivity index (χ1) is 18.2. The highest BCUT2D eigenvalue weighted by Gasteiger charge is 2.52. The van der Waals surface area contributed by atoms with Crippen molar-refractivity contribution in [1.29, 1.82) is 0 Å². The highest BCUT2D eigenvalue weighted by atomic mass is 16.7. The Hall–Kier alpha value is -3.39. The van der Waals surface area contributed by atoms with Gasteiger partial charge in [-0.25, -0.2) is 4.79 Å². The maximum absolute atomic E-state index is 12.9. The number of rotatable bonds is 7. The Morgan fingerprint density at radius 2 is 1.47 bits per heavy atom. The van der Waals surface area contributed by atoms with Crippen molar-refractivity contribution in [1.82, 2.24) is 5.32 Å². The van der Waals surface area contributed by atoms with E-state index in [4.69, 9.17) is 19.8 Å². The van der Waals surface area contributed by atoms with E-state index in [0.29, 0.717) is 6.54 Å². The van der Waals surface area contributed by atoms with Gasteiger partial charge in [-0.2, -0.15) is 0 Å². The quantitative estimate of drug-likeness (QED) is 0.399. The zero-order chi connectivity index (χ0) is 26.9. The Balaban J connectivity index is 1.31. The molecule has 1 fully saturated rings. The lowest BCUT2D eigenvalue weighted by Gasteiger charge is -2.32. The lowest BCUT2D eigenvalue weighted by Crippen LogP contribution is -2.41. The Labute approximate surface area is 225 Å². The van der Waals surface area contributed by atoms with Gasteiger partial charge in [0, 0.05) is 19.0 Å². The zero-order valence-electron chi connectivity index (χ0n) is 22.5. The monoisotopic (exact) mass is 510 g/mol. The predicted octanol–water partition coefficient (Wildman–Crippen LogP) is 5.70. The Kier molecular flexibility index (Phi) is 7.18. The van der Waals surface area contributed by atoms with Gasteiger partial charge >= 0.3 is 13.2 Å². The number of carbonyl (C=O) groups excluding carboxylic acids is 1. The van der Waals surface area contributed by atoms with Crippen molar-refractivity contribution in [2.24, 2.45) is 5.73 Å².